The average molecular weight is 361 g/mol. The van der Waals surface area contributed by atoms with Crippen molar-refractivity contribution in [2.75, 3.05) is 13.1 Å². The molecule has 1 saturated heterocycles. The summed E-state index contributed by atoms with van der Waals surface area (Å²) in [6.45, 7) is 6.17. The third kappa shape index (κ3) is 4.84. The van der Waals surface area contributed by atoms with E-state index >= 15 is 0 Å². The largest absolute Gasteiger partial charge is 0.342 e. The lowest BCUT2D eigenvalue weighted by Gasteiger charge is -2.30. The third-order valence-electron chi connectivity index (χ3n) is 4.48. The Labute approximate surface area is 152 Å². The van der Waals surface area contributed by atoms with E-state index < -0.39 is 0 Å². The molecule has 24 heavy (non-hydrogen) atoms. The van der Waals surface area contributed by atoms with Crippen molar-refractivity contribution in [1.82, 2.24) is 9.88 Å². The summed E-state index contributed by atoms with van der Waals surface area (Å²) in [4.78, 5) is 19.0. The predicted octanol–water partition coefficient (Wildman–Crippen LogP) is 4.54. The normalized spacial score (nSPS) is 15.7. The van der Waals surface area contributed by atoms with Crippen LogP contribution < -0.4 is 0 Å². The van der Waals surface area contributed by atoms with Crippen molar-refractivity contribution in [2.45, 2.75) is 43.2 Å². The van der Waals surface area contributed by atoms with E-state index in [0.717, 1.165) is 47.6 Å². The van der Waals surface area contributed by atoms with Gasteiger partial charge in [-0.05, 0) is 31.2 Å². The number of thiazole rings is 1. The van der Waals surface area contributed by atoms with E-state index in [2.05, 4.69) is 43.1 Å². The van der Waals surface area contributed by atoms with Crippen LogP contribution >= 0.6 is 23.1 Å². The lowest BCUT2D eigenvalue weighted by atomic mass is 9.99. The molecule has 2 heterocycles. The minimum absolute atomic E-state index is 0.224. The van der Waals surface area contributed by atoms with Crippen molar-refractivity contribution in [1.29, 1.82) is 0 Å². The maximum Gasteiger partial charge on any atom is 0.228 e. The molecular formula is C19H24N2OS2. The van der Waals surface area contributed by atoms with Crippen molar-refractivity contribution in [2.24, 2.45) is 5.92 Å². The van der Waals surface area contributed by atoms with Crippen LogP contribution in [0.15, 0.2) is 34.0 Å². The number of aryl methyl sites for hydroxylation is 1. The topological polar surface area (TPSA) is 33.2 Å². The van der Waals surface area contributed by atoms with E-state index in [1.807, 2.05) is 10.3 Å². The van der Waals surface area contributed by atoms with Gasteiger partial charge in [0.05, 0.1) is 12.1 Å². The Hall–Kier alpha value is -1.33. The van der Waals surface area contributed by atoms with Crippen molar-refractivity contribution in [3.05, 3.63) is 46.5 Å². The zero-order valence-corrected chi connectivity index (χ0v) is 16.0. The van der Waals surface area contributed by atoms with E-state index in [-0.39, 0.29) is 5.91 Å². The van der Waals surface area contributed by atoms with Gasteiger partial charge in [-0.2, -0.15) is 0 Å². The summed E-state index contributed by atoms with van der Waals surface area (Å²) in [7, 11) is 0. The first-order valence-corrected chi connectivity index (χ1v) is 10.4. The molecule has 5 heteroatoms. The Morgan fingerprint density at radius 1 is 1.29 bits per heavy atom. The number of carbonyl (C=O) groups is 1. The number of amides is 1. The molecule has 0 aliphatic carbocycles. The molecule has 2 aromatic rings. The summed E-state index contributed by atoms with van der Waals surface area (Å²) in [5.74, 6) is 1.89. The van der Waals surface area contributed by atoms with Crippen LogP contribution in [0.25, 0.3) is 0 Å². The van der Waals surface area contributed by atoms with Gasteiger partial charge in [0.15, 0.2) is 0 Å². The third-order valence-corrected chi connectivity index (χ3v) is 6.62. The van der Waals surface area contributed by atoms with Gasteiger partial charge in [0.25, 0.3) is 0 Å². The molecule has 1 aliphatic heterocycles. The number of hydrogen-bond donors (Lipinski definition) is 0. The van der Waals surface area contributed by atoms with Crippen LogP contribution in [0.1, 0.15) is 36.6 Å². The van der Waals surface area contributed by atoms with Crippen LogP contribution in [0, 0.1) is 12.8 Å². The molecule has 3 nitrogen and oxygen atoms in total. The summed E-state index contributed by atoms with van der Waals surface area (Å²) >= 11 is 3.39. The Balaban J connectivity index is 1.50. The molecule has 0 N–H and O–H groups in total. The second kappa shape index (κ2) is 8.17. The number of rotatable bonds is 5. The molecule has 1 amide bonds. The smallest absolute Gasteiger partial charge is 0.228 e. The number of thioether (sulfide) groups is 1. The summed E-state index contributed by atoms with van der Waals surface area (Å²) in [5, 5.41) is 2.03. The van der Waals surface area contributed by atoms with Gasteiger partial charge in [-0.15, -0.1) is 11.3 Å². The minimum Gasteiger partial charge on any atom is -0.342 e. The molecule has 3 rings (SSSR count). The van der Waals surface area contributed by atoms with Gasteiger partial charge < -0.3 is 4.90 Å². The molecule has 0 atom stereocenters. The van der Waals surface area contributed by atoms with Gasteiger partial charge in [-0.1, -0.05) is 48.5 Å². The highest BCUT2D eigenvalue weighted by molar-refractivity contribution is 8.00. The maximum atomic E-state index is 12.4. The fourth-order valence-electron chi connectivity index (χ4n) is 2.79. The lowest BCUT2D eigenvalue weighted by molar-refractivity contribution is -0.131. The number of hydrogen-bond acceptors (Lipinski definition) is 4. The highest BCUT2D eigenvalue weighted by atomic mass is 32.2. The van der Waals surface area contributed by atoms with E-state index in [4.69, 9.17) is 0 Å². The zero-order chi connectivity index (χ0) is 16.9. The summed E-state index contributed by atoms with van der Waals surface area (Å²) in [5.41, 5.74) is 3.50. The van der Waals surface area contributed by atoms with Gasteiger partial charge in [-0.25, -0.2) is 4.98 Å². The van der Waals surface area contributed by atoms with Crippen LogP contribution in [-0.2, 0) is 17.0 Å². The Morgan fingerprint density at radius 2 is 2.00 bits per heavy atom. The first kappa shape index (κ1) is 17.5. The van der Waals surface area contributed by atoms with Crippen molar-refractivity contribution in [3.63, 3.8) is 0 Å². The summed E-state index contributed by atoms with van der Waals surface area (Å²) in [6.07, 6.45) is 2.69. The number of nitrogens with zero attached hydrogens (tertiary/aromatic N) is 2. The van der Waals surface area contributed by atoms with E-state index in [1.165, 1.54) is 11.1 Å². The fourth-order valence-corrected chi connectivity index (χ4v) is 4.59. The zero-order valence-electron chi connectivity index (χ0n) is 14.3. The number of likely N-dealkylation sites (tertiary alicyclic amines) is 1. The second-order valence-electron chi connectivity index (χ2n) is 6.62. The molecule has 0 radical (unpaired) electrons. The van der Waals surface area contributed by atoms with E-state index in [1.54, 1.807) is 23.1 Å². The highest BCUT2D eigenvalue weighted by Crippen LogP contribution is 2.27. The molecule has 0 saturated carbocycles. The van der Waals surface area contributed by atoms with Gasteiger partial charge in [-0.3, -0.25) is 4.79 Å². The Morgan fingerprint density at radius 3 is 2.71 bits per heavy atom. The van der Waals surface area contributed by atoms with Gasteiger partial charge in [0, 0.05) is 24.2 Å². The minimum atomic E-state index is 0.224. The number of aromatic nitrogens is 1. The highest BCUT2D eigenvalue weighted by Gasteiger charge is 2.21. The quantitative estimate of drug-likeness (QED) is 0.734. The molecule has 1 aromatic carbocycles. The SMILES string of the molecule is Cc1ccc(CSc2nc(CC(=O)N3CCC(C)CC3)cs2)cc1. The molecule has 1 fully saturated rings. The van der Waals surface area contributed by atoms with Gasteiger partial charge in [0.2, 0.25) is 5.91 Å². The number of piperidine rings is 1. The van der Waals surface area contributed by atoms with Gasteiger partial charge in [0.1, 0.15) is 4.34 Å². The predicted molar refractivity (Wildman–Crippen MR) is 102 cm³/mol. The van der Waals surface area contributed by atoms with Crippen LogP contribution in [-0.4, -0.2) is 28.9 Å². The van der Waals surface area contributed by atoms with Crippen molar-refractivity contribution >= 4 is 29.0 Å². The molecule has 0 unspecified atom stereocenters. The molecule has 1 aliphatic rings. The molecule has 0 spiro atoms. The first-order valence-electron chi connectivity index (χ1n) is 8.50. The lowest BCUT2D eigenvalue weighted by Crippen LogP contribution is -2.38. The second-order valence-corrected chi connectivity index (χ2v) is 8.70. The Kier molecular flexibility index (Phi) is 5.95. The van der Waals surface area contributed by atoms with Gasteiger partial charge >= 0.3 is 0 Å². The van der Waals surface area contributed by atoms with E-state index in [0.29, 0.717) is 6.42 Å². The number of carbonyl (C=O) groups excluding carboxylic acids is 1. The van der Waals surface area contributed by atoms with E-state index in [9.17, 15) is 4.79 Å². The van der Waals surface area contributed by atoms with Crippen LogP contribution in [0.5, 0.6) is 0 Å². The first-order chi connectivity index (χ1) is 11.6. The fraction of sp³-hybridized carbons (Fsp3) is 0.474. The maximum absolute atomic E-state index is 12.4. The monoisotopic (exact) mass is 360 g/mol. The standard InChI is InChI=1S/C19H24N2OS2/c1-14-3-5-16(6-4-14)12-23-19-20-17(13-24-19)11-18(22)21-9-7-15(2)8-10-21/h3-6,13,15H,7-12H2,1-2H3. The molecule has 0 bridgehead atoms. The van der Waals surface area contributed by atoms with Crippen LogP contribution in [0.4, 0.5) is 0 Å². The van der Waals surface area contributed by atoms with Crippen molar-refractivity contribution in [3.8, 4) is 0 Å². The molecule has 128 valence electrons. The summed E-state index contributed by atoms with van der Waals surface area (Å²) in [6, 6.07) is 8.61. The molecular weight excluding hydrogens is 336 g/mol. The Bertz CT molecular complexity index is 673. The van der Waals surface area contributed by atoms with Crippen molar-refractivity contribution < 1.29 is 4.79 Å². The average Bonchev–Trinajstić information content (AvgIpc) is 3.02. The molecule has 1 aromatic heterocycles. The number of benzene rings is 1. The summed E-state index contributed by atoms with van der Waals surface area (Å²) < 4.78 is 1.05. The van der Waals surface area contributed by atoms with Crippen LogP contribution in [0.2, 0.25) is 0 Å². The van der Waals surface area contributed by atoms with Crippen LogP contribution in [0.3, 0.4) is 0 Å².